The minimum absolute atomic E-state index is 0.0755. The number of rotatable bonds is 3. The monoisotopic (exact) mass is 315 g/mol. The Bertz CT molecular complexity index is 380. The van der Waals surface area contributed by atoms with Crippen LogP contribution >= 0.6 is 12.6 Å². The molecule has 5 heteroatoms. The molecule has 2 unspecified atom stereocenters. The van der Waals surface area contributed by atoms with E-state index in [-0.39, 0.29) is 10.2 Å². The molecular formula is C14H29NOSSi2. The maximum atomic E-state index is 12.2. The van der Waals surface area contributed by atoms with Crippen molar-refractivity contribution in [2.24, 2.45) is 0 Å². The fourth-order valence-electron chi connectivity index (χ4n) is 4.29. The highest BCUT2D eigenvalue weighted by Crippen LogP contribution is 2.55. The first kappa shape index (κ1) is 15.8. The molecule has 1 aliphatic heterocycles. The number of carbonyl (C=O) groups is 1. The van der Waals surface area contributed by atoms with Gasteiger partial charge in [0.2, 0.25) is 0 Å². The van der Waals surface area contributed by atoms with E-state index in [1.165, 1.54) is 25.4 Å². The summed E-state index contributed by atoms with van der Waals surface area (Å²) >= 11 is 4.29. The molecule has 1 aliphatic carbocycles. The molecule has 1 heterocycles. The molecule has 2 nitrogen and oxygen atoms in total. The third-order valence-corrected chi connectivity index (χ3v) is 13.7. The predicted octanol–water partition coefficient (Wildman–Crippen LogP) is 3.98. The maximum absolute atomic E-state index is 12.2. The van der Waals surface area contributed by atoms with E-state index in [0.29, 0.717) is 6.04 Å². The third kappa shape index (κ3) is 2.63. The molecule has 0 aromatic heterocycles. The van der Waals surface area contributed by atoms with E-state index in [1.54, 1.807) is 0 Å². The standard InChI is InChI=1S/C14H29NOSSi2/c1-18(2,3)14(13(16)17)8-7-12(11-14)15-9-6-10-19(15,4)5/h12H,6-11H2,1-5H3,(H,16,17). The lowest BCUT2D eigenvalue weighted by molar-refractivity contribution is -0.113. The van der Waals surface area contributed by atoms with Crippen molar-refractivity contribution in [2.75, 3.05) is 6.54 Å². The number of carbonyl (C=O) groups excluding carboxylic acids is 1. The molecule has 0 aromatic carbocycles. The molecule has 1 saturated heterocycles. The van der Waals surface area contributed by atoms with Gasteiger partial charge in [0.1, 0.15) is 8.24 Å². The van der Waals surface area contributed by atoms with Gasteiger partial charge in [0, 0.05) is 11.1 Å². The summed E-state index contributed by atoms with van der Waals surface area (Å²) in [6, 6.07) is 2.09. The molecule has 0 spiro atoms. The molecule has 19 heavy (non-hydrogen) atoms. The van der Waals surface area contributed by atoms with Crippen LogP contribution in [0.4, 0.5) is 0 Å². The van der Waals surface area contributed by atoms with Gasteiger partial charge in [-0.05, 0) is 38.3 Å². The Morgan fingerprint density at radius 1 is 1.37 bits per heavy atom. The van der Waals surface area contributed by atoms with Gasteiger partial charge in [-0.3, -0.25) is 4.79 Å². The smallest absolute Gasteiger partial charge is 0.189 e. The summed E-state index contributed by atoms with van der Waals surface area (Å²) in [4.78, 5) is 12.2. The average molecular weight is 316 g/mol. The van der Waals surface area contributed by atoms with E-state index in [9.17, 15) is 4.79 Å². The number of hydrogen-bond acceptors (Lipinski definition) is 2. The first-order chi connectivity index (χ1) is 8.60. The van der Waals surface area contributed by atoms with Crippen molar-refractivity contribution in [3.63, 3.8) is 0 Å². The first-order valence-corrected chi connectivity index (χ1v) is 14.7. The zero-order valence-corrected chi connectivity index (χ0v) is 16.0. The molecule has 2 aliphatic rings. The second kappa shape index (κ2) is 5.00. The molecular weight excluding hydrogens is 286 g/mol. The molecule has 110 valence electrons. The normalized spacial score (nSPS) is 35.8. The fraction of sp³-hybridized carbons (Fsp3) is 0.929. The summed E-state index contributed by atoms with van der Waals surface area (Å²) < 4.78 is 2.81. The van der Waals surface area contributed by atoms with Gasteiger partial charge in [-0.25, -0.2) is 0 Å². The number of thiol groups is 1. The summed E-state index contributed by atoms with van der Waals surface area (Å²) in [7, 11) is -2.69. The average Bonchev–Trinajstić information content (AvgIpc) is 2.80. The van der Waals surface area contributed by atoms with Crippen LogP contribution in [0.3, 0.4) is 0 Å². The van der Waals surface area contributed by atoms with Crippen molar-refractivity contribution in [2.45, 2.75) is 75.5 Å². The van der Waals surface area contributed by atoms with Crippen LogP contribution in [0.1, 0.15) is 25.7 Å². The van der Waals surface area contributed by atoms with Gasteiger partial charge in [-0.15, -0.1) is 12.6 Å². The second-order valence-corrected chi connectivity index (χ2v) is 18.7. The predicted molar refractivity (Wildman–Crippen MR) is 91.3 cm³/mol. The SMILES string of the molecule is C[Si]1(C)CCCN1C1CCC(C(=O)S)([Si](C)(C)C)C1. The highest BCUT2D eigenvalue weighted by Gasteiger charge is 2.55. The van der Waals surface area contributed by atoms with E-state index in [1.807, 2.05) is 0 Å². The van der Waals surface area contributed by atoms with Gasteiger partial charge >= 0.3 is 0 Å². The summed E-state index contributed by atoms with van der Waals surface area (Å²) in [5, 5.41) is 0.0984. The van der Waals surface area contributed by atoms with Gasteiger partial charge in [-0.1, -0.05) is 32.7 Å². The Labute approximate surface area is 125 Å². The Balaban J connectivity index is 2.21. The summed E-state index contributed by atoms with van der Waals surface area (Å²) in [5.41, 5.74) is 0. The lowest BCUT2D eigenvalue weighted by Gasteiger charge is -2.40. The molecule has 2 rings (SSSR count). The van der Waals surface area contributed by atoms with Crippen molar-refractivity contribution in [3.05, 3.63) is 0 Å². The van der Waals surface area contributed by atoms with Crippen LogP contribution in [0.25, 0.3) is 0 Å². The van der Waals surface area contributed by atoms with Crippen molar-refractivity contribution in [3.8, 4) is 0 Å². The maximum Gasteiger partial charge on any atom is 0.189 e. The largest absolute Gasteiger partial charge is 0.321 e. The molecule has 0 radical (unpaired) electrons. The quantitative estimate of drug-likeness (QED) is 0.628. The number of nitrogens with zero attached hydrogens (tertiary/aromatic N) is 1. The van der Waals surface area contributed by atoms with Crippen molar-refractivity contribution >= 4 is 34.1 Å². The Hall–Kier alpha value is 0.414. The highest BCUT2D eigenvalue weighted by atomic mass is 32.1. The van der Waals surface area contributed by atoms with Crippen LogP contribution in [0.15, 0.2) is 0 Å². The van der Waals surface area contributed by atoms with Crippen LogP contribution in [0.2, 0.25) is 43.8 Å². The molecule has 2 atom stereocenters. The van der Waals surface area contributed by atoms with Crippen LogP contribution < -0.4 is 0 Å². The van der Waals surface area contributed by atoms with E-state index >= 15 is 0 Å². The molecule has 2 fully saturated rings. The van der Waals surface area contributed by atoms with Gasteiger partial charge < -0.3 is 4.57 Å². The Kier molecular flexibility index (Phi) is 4.16. The lowest BCUT2D eigenvalue weighted by atomic mass is 10.1. The minimum atomic E-state index is -1.51. The zero-order chi connectivity index (χ0) is 14.5. The van der Waals surface area contributed by atoms with Crippen molar-refractivity contribution in [1.29, 1.82) is 0 Å². The minimum Gasteiger partial charge on any atom is -0.321 e. The van der Waals surface area contributed by atoms with E-state index in [2.05, 4.69) is 49.9 Å². The Morgan fingerprint density at radius 3 is 2.37 bits per heavy atom. The highest BCUT2D eigenvalue weighted by molar-refractivity contribution is 7.97. The van der Waals surface area contributed by atoms with Gasteiger partial charge in [0.05, 0.1) is 8.07 Å². The van der Waals surface area contributed by atoms with E-state index in [0.717, 1.165) is 12.8 Å². The molecule has 1 saturated carbocycles. The Morgan fingerprint density at radius 2 is 2.00 bits per heavy atom. The van der Waals surface area contributed by atoms with Crippen LogP contribution in [0.5, 0.6) is 0 Å². The van der Waals surface area contributed by atoms with Gasteiger partial charge in [0.15, 0.2) is 5.12 Å². The van der Waals surface area contributed by atoms with Crippen molar-refractivity contribution in [1.82, 2.24) is 4.57 Å². The number of hydrogen-bond donors (Lipinski definition) is 1. The molecule has 0 bridgehead atoms. The summed E-state index contributed by atoms with van der Waals surface area (Å²) in [6.45, 7) is 13.3. The topological polar surface area (TPSA) is 20.3 Å². The van der Waals surface area contributed by atoms with Crippen molar-refractivity contribution < 1.29 is 4.79 Å². The lowest BCUT2D eigenvalue weighted by Crippen LogP contribution is -2.50. The van der Waals surface area contributed by atoms with E-state index < -0.39 is 16.3 Å². The summed E-state index contributed by atoms with van der Waals surface area (Å²) in [5.74, 6) is 0. The fourth-order valence-corrected chi connectivity index (χ4v) is 11.2. The van der Waals surface area contributed by atoms with Crippen LogP contribution in [-0.4, -0.2) is 38.6 Å². The van der Waals surface area contributed by atoms with Crippen LogP contribution in [-0.2, 0) is 4.79 Å². The third-order valence-electron chi connectivity index (χ3n) is 5.74. The van der Waals surface area contributed by atoms with E-state index in [4.69, 9.17) is 0 Å². The summed E-state index contributed by atoms with van der Waals surface area (Å²) in [6.07, 6.45) is 4.75. The van der Waals surface area contributed by atoms with Gasteiger partial charge in [-0.2, -0.15) is 0 Å². The zero-order valence-electron chi connectivity index (χ0n) is 13.1. The first-order valence-electron chi connectivity index (χ1n) is 7.60. The van der Waals surface area contributed by atoms with Gasteiger partial charge in [0.25, 0.3) is 0 Å². The molecule has 0 aromatic rings. The molecule has 0 amide bonds. The molecule has 0 N–H and O–H groups in total. The second-order valence-electron chi connectivity index (χ2n) is 8.14. The van der Waals surface area contributed by atoms with Crippen LogP contribution in [0, 0.1) is 0 Å².